The van der Waals surface area contributed by atoms with Crippen LogP contribution in [0, 0.1) is 0 Å². The van der Waals surface area contributed by atoms with Crippen LogP contribution in [0.3, 0.4) is 0 Å². The molecule has 2 saturated heterocycles. The van der Waals surface area contributed by atoms with Gasteiger partial charge in [0.15, 0.2) is 5.82 Å². The maximum atomic E-state index is 12.8. The number of para-hydroxylation sites is 1. The Hall–Kier alpha value is -2.41. The lowest BCUT2D eigenvalue weighted by Crippen LogP contribution is -2.57. The Bertz CT molecular complexity index is 715. The molecule has 2 aliphatic rings. The van der Waals surface area contributed by atoms with E-state index >= 15 is 0 Å². The van der Waals surface area contributed by atoms with Crippen molar-refractivity contribution in [1.82, 2.24) is 24.8 Å². The van der Waals surface area contributed by atoms with Crippen LogP contribution in [-0.2, 0) is 0 Å². The van der Waals surface area contributed by atoms with Crippen molar-refractivity contribution in [3.8, 4) is 5.69 Å². The Morgan fingerprint density at radius 2 is 2.08 bits per heavy atom. The summed E-state index contributed by atoms with van der Waals surface area (Å²) in [7, 11) is 0. The summed E-state index contributed by atoms with van der Waals surface area (Å²) in [6.07, 6.45) is 4.00. The Morgan fingerprint density at radius 3 is 2.92 bits per heavy atom. The zero-order valence-electron chi connectivity index (χ0n) is 13.8. The molecule has 1 N–H and O–H groups in total. The number of amides is 2. The first-order chi connectivity index (χ1) is 11.7. The third-order valence-corrected chi connectivity index (χ3v) is 4.98. The number of urea groups is 1. The van der Waals surface area contributed by atoms with Gasteiger partial charge in [0.25, 0.3) is 0 Å². The smallest absolute Gasteiger partial charge is 0.319 e. The van der Waals surface area contributed by atoms with Crippen molar-refractivity contribution in [2.75, 3.05) is 25.0 Å². The number of benzene rings is 1. The second kappa shape index (κ2) is 6.24. The van der Waals surface area contributed by atoms with Crippen LogP contribution in [0.25, 0.3) is 5.69 Å². The second-order valence-electron chi connectivity index (χ2n) is 6.59. The van der Waals surface area contributed by atoms with Gasteiger partial charge in [-0.25, -0.2) is 4.79 Å². The van der Waals surface area contributed by atoms with E-state index in [2.05, 4.69) is 27.5 Å². The molecule has 126 valence electrons. The molecule has 2 unspecified atom stereocenters. The number of fused-ring (bicyclic) bond motifs is 1. The first-order valence-corrected chi connectivity index (χ1v) is 8.50. The third kappa shape index (κ3) is 2.75. The molecule has 0 radical (unpaired) electrons. The Kier molecular flexibility index (Phi) is 3.93. The van der Waals surface area contributed by atoms with Crippen LogP contribution >= 0.6 is 0 Å². The minimum atomic E-state index is -0.0754. The Labute approximate surface area is 141 Å². The number of aromatic nitrogens is 3. The summed E-state index contributed by atoms with van der Waals surface area (Å²) in [5, 5.41) is 11.0. The summed E-state index contributed by atoms with van der Waals surface area (Å²) >= 11 is 0. The molecule has 2 amide bonds. The molecule has 2 atom stereocenters. The van der Waals surface area contributed by atoms with Crippen LogP contribution < -0.4 is 5.32 Å². The summed E-state index contributed by atoms with van der Waals surface area (Å²) in [5.74, 6) is 0.590. The van der Waals surface area contributed by atoms with Gasteiger partial charge in [-0.05, 0) is 38.4 Å². The fourth-order valence-corrected chi connectivity index (χ4v) is 3.73. The van der Waals surface area contributed by atoms with E-state index in [0.717, 1.165) is 25.3 Å². The average molecular weight is 326 g/mol. The standard InChI is InChI=1S/C17H22N6O/c1-13-11-21-9-5-8-15(21)12-22(13)17(24)19-16-10-18-20-23(16)14-6-3-2-4-7-14/h2-4,6-7,10,13,15H,5,8-9,11-12H2,1H3,(H,19,24). The van der Waals surface area contributed by atoms with Crippen molar-refractivity contribution in [3.05, 3.63) is 36.5 Å². The first kappa shape index (κ1) is 15.1. The van der Waals surface area contributed by atoms with Gasteiger partial charge in [-0.3, -0.25) is 10.2 Å². The molecule has 0 aliphatic carbocycles. The molecule has 2 aliphatic heterocycles. The highest BCUT2D eigenvalue weighted by Crippen LogP contribution is 2.25. The highest BCUT2D eigenvalue weighted by molar-refractivity contribution is 5.89. The fourth-order valence-electron chi connectivity index (χ4n) is 3.73. The van der Waals surface area contributed by atoms with Gasteiger partial charge in [0.05, 0.1) is 11.9 Å². The molecular formula is C17H22N6O. The van der Waals surface area contributed by atoms with Crippen LogP contribution in [0.5, 0.6) is 0 Å². The van der Waals surface area contributed by atoms with Crippen molar-refractivity contribution in [3.63, 3.8) is 0 Å². The van der Waals surface area contributed by atoms with Crippen molar-refractivity contribution < 1.29 is 4.79 Å². The molecule has 1 aromatic heterocycles. The zero-order valence-corrected chi connectivity index (χ0v) is 13.8. The van der Waals surface area contributed by atoms with Gasteiger partial charge in [-0.15, -0.1) is 5.10 Å². The van der Waals surface area contributed by atoms with Crippen LogP contribution in [-0.4, -0.2) is 62.5 Å². The van der Waals surface area contributed by atoms with Gasteiger partial charge >= 0.3 is 6.03 Å². The number of nitrogens with one attached hydrogen (secondary N) is 1. The van der Waals surface area contributed by atoms with E-state index in [1.165, 1.54) is 12.8 Å². The monoisotopic (exact) mass is 326 g/mol. The normalized spacial score (nSPS) is 24.0. The topological polar surface area (TPSA) is 66.3 Å². The maximum Gasteiger partial charge on any atom is 0.323 e. The molecule has 1 aromatic carbocycles. The number of carbonyl (C=O) groups is 1. The van der Waals surface area contributed by atoms with Crippen LogP contribution in [0.15, 0.2) is 36.5 Å². The summed E-state index contributed by atoms with van der Waals surface area (Å²) in [5.41, 5.74) is 0.874. The number of carbonyl (C=O) groups excluding carboxylic acids is 1. The predicted molar refractivity (Wildman–Crippen MR) is 91.1 cm³/mol. The van der Waals surface area contributed by atoms with Crippen LogP contribution in [0.1, 0.15) is 19.8 Å². The summed E-state index contributed by atoms with van der Waals surface area (Å²) in [6, 6.07) is 10.3. The summed E-state index contributed by atoms with van der Waals surface area (Å²) in [6.45, 7) is 5.02. The number of hydrogen-bond acceptors (Lipinski definition) is 4. The third-order valence-electron chi connectivity index (χ3n) is 4.98. The molecule has 4 rings (SSSR count). The number of anilines is 1. The molecule has 7 nitrogen and oxygen atoms in total. The zero-order chi connectivity index (χ0) is 16.5. The molecule has 0 bridgehead atoms. The number of rotatable bonds is 2. The summed E-state index contributed by atoms with van der Waals surface area (Å²) < 4.78 is 1.65. The predicted octanol–water partition coefficient (Wildman–Crippen LogP) is 1.97. The van der Waals surface area contributed by atoms with Gasteiger partial charge in [0, 0.05) is 25.2 Å². The van der Waals surface area contributed by atoms with E-state index in [9.17, 15) is 4.79 Å². The molecule has 2 fully saturated rings. The lowest BCUT2D eigenvalue weighted by molar-refractivity contribution is 0.0861. The first-order valence-electron chi connectivity index (χ1n) is 8.50. The van der Waals surface area contributed by atoms with E-state index < -0.39 is 0 Å². The van der Waals surface area contributed by atoms with Gasteiger partial charge in [0.1, 0.15) is 0 Å². The van der Waals surface area contributed by atoms with Crippen molar-refractivity contribution >= 4 is 11.8 Å². The highest BCUT2D eigenvalue weighted by Gasteiger charge is 2.36. The molecule has 7 heteroatoms. The van der Waals surface area contributed by atoms with Gasteiger partial charge in [0.2, 0.25) is 0 Å². The van der Waals surface area contributed by atoms with E-state index in [1.807, 2.05) is 35.2 Å². The van der Waals surface area contributed by atoms with Gasteiger partial charge < -0.3 is 4.90 Å². The van der Waals surface area contributed by atoms with Crippen molar-refractivity contribution in [1.29, 1.82) is 0 Å². The van der Waals surface area contributed by atoms with Crippen molar-refractivity contribution in [2.24, 2.45) is 0 Å². The molecule has 0 saturated carbocycles. The van der Waals surface area contributed by atoms with E-state index in [1.54, 1.807) is 10.9 Å². The Morgan fingerprint density at radius 1 is 1.25 bits per heavy atom. The van der Waals surface area contributed by atoms with Gasteiger partial charge in [-0.2, -0.15) is 4.68 Å². The van der Waals surface area contributed by atoms with Crippen LogP contribution in [0.2, 0.25) is 0 Å². The molecular weight excluding hydrogens is 304 g/mol. The Balaban J connectivity index is 1.50. The fraction of sp³-hybridized carbons (Fsp3) is 0.471. The van der Waals surface area contributed by atoms with E-state index in [-0.39, 0.29) is 12.1 Å². The van der Waals surface area contributed by atoms with Gasteiger partial charge in [-0.1, -0.05) is 23.4 Å². The number of nitrogens with zero attached hydrogens (tertiary/aromatic N) is 5. The van der Waals surface area contributed by atoms with Crippen LogP contribution in [0.4, 0.5) is 10.6 Å². The lowest BCUT2D eigenvalue weighted by atomic mass is 10.1. The molecule has 0 spiro atoms. The van der Waals surface area contributed by atoms with E-state index in [4.69, 9.17) is 0 Å². The minimum Gasteiger partial charge on any atom is -0.319 e. The second-order valence-corrected chi connectivity index (χ2v) is 6.59. The molecule has 24 heavy (non-hydrogen) atoms. The number of hydrogen-bond donors (Lipinski definition) is 1. The largest absolute Gasteiger partial charge is 0.323 e. The number of piperazine rings is 1. The SMILES string of the molecule is CC1CN2CCCC2CN1C(=O)Nc1cnnn1-c1ccccc1. The van der Waals surface area contributed by atoms with E-state index in [0.29, 0.717) is 11.9 Å². The summed E-state index contributed by atoms with van der Waals surface area (Å²) in [4.78, 5) is 17.2. The lowest BCUT2D eigenvalue weighted by Gasteiger charge is -2.42. The molecule has 2 aromatic rings. The quantitative estimate of drug-likeness (QED) is 0.916. The minimum absolute atomic E-state index is 0.0754. The average Bonchev–Trinajstić information content (AvgIpc) is 3.23. The molecule has 3 heterocycles. The maximum absolute atomic E-state index is 12.8. The van der Waals surface area contributed by atoms with Crippen molar-refractivity contribution in [2.45, 2.75) is 31.8 Å². The highest BCUT2D eigenvalue weighted by atomic mass is 16.2.